The van der Waals surface area contributed by atoms with Crippen molar-refractivity contribution in [1.82, 2.24) is 10.2 Å². The first-order chi connectivity index (χ1) is 15.4. The van der Waals surface area contributed by atoms with E-state index in [1.54, 1.807) is 30.3 Å². The number of hydrogen-bond donors (Lipinski definition) is 1. The first kappa shape index (κ1) is 22.6. The minimum absolute atomic E-state index is 0.172. The van der Waals surface area contributed by atoms with Crippen molar-refractivity contribution < 1.29 is 14.3 Å². The fourth-order valence-electron chi connectivity index (χ4n) is 3.12. The van der Waals surface area contributed by atoms with Gasteiger partial charge in [-0.15, -0.1) is 0 Å². The fraction of sp³-hybridized carbons (Fsp3) is 0.0833. The molecule has 0 saturated carbocycles. The van der Waals surface area contributed by atoms with E-state index in [4.69, 9.17) is 16.3 Å². The summed E-state index contributed by atoms with van der Waals surface area (Å²) in [5, 5.41) is 3.24. The minimum atomic E-state index is -0.454. The molecular formula is C24H17Br2ClN2O3. The van der Waals surface area contributed by atoms with Gasteiger partial charge in [-0.3, -0.25) is 9.69 Å². The molecule has 3 amide bonds. The number of nitrogens with one attached hydrogen (secondary N) is 1. The monoisotopic (exact) mass is 574 g/mol. The maximum absolute atomic E-state index is 12.7. The molecule has 1 saturated heterocycles. The van der Waals surface area contributed by atoms with Gasteiger partial charge in [-0.1, -0.05) is 57.9 Å². The summed E-state index contributed by atoms with van der Waals surface area (Å²) in [6, 6.07) is 20.0. The van der Waals surface area contributed by atoms with Crippen molar-refractivity contribution in [3.63, 3.8) is 0 Å². The lowest BCUT2D eigenvalue weighted by Crippen LogP contribution is -2.30. The van der Waals surface area contributed by atoms with Crippen LogP contribution in [-0.4, -0.2) is 16.8 Å². The second-order valence-electron chi connectivity index (χ2n) is 7.11. The lowest BCUT2D eigenvalue weighted by Gasteiger charge is -2.11. The van der Waals surface area contributed by atoms with E-state index in [0.717, 1.165) is 25.6 Å². The summed E-state index contributed by atoms with van der Waals surface area (Å²) in [4.78, 5) is 26.2. The number of carbonyl (C=O) groups excluding carboxylic acids is 2. The third-order valence-electron chi connectivity index (χ3n) is 4.79. The van der Waals surface area contributed by atoms with E-state index >= 15 is 0 Å². The van der Waals surface area contributed by atoms with E-state index in [0.29, 0.717) is 17.4 Å². The molecule has 0 radical (unpaired) electrons. The Balaban J connectivity index is 1.44. The summed E-state index contributed by atoms with van der Waals surface area (Å²) in [5.41, 5.74) is 2.84. The summed E-state index contributed by atoms with van der Waals surface area (Å²) < 4.78 is 7.64. The highest BCUT2D eigenvalue weighted by Gasteiger charge is 2.33. The molecule has 32 heavy (non-hydrogen) atoms. The normalized spacial score (nSPS) is 14.7. The van der Waals surface area contributed by atoms with Crippen LogP contribution >= 0.6 is 43.5 Å². The minimum Gasteiger partial charge on any atom is -0.488 e. The molecule has 0 aliphatic carbocycles. The van der Waals surface area contributed by atoms with E-state index in [9.17, 15) is 9.59 Å². The number of imide groups is 1. The molecule has 1 N–H and O–H groups in total. The standard InChI is InChI=1S/C24H17Br2ClN2O3/c25-18-6-1-16(2-7-18)14-32-22-10-5-17(11-20(22)26)12-21-23(30)29(24(31)28-21)13-15-3-8-19(27)9-4-15/h1-12H,13-14H2,(H,28,31)/b21-12-. The van der Waals surface area contributed by atoms with Gasteiger partial charge in [0.25, 0.3) is 5.91 Å². The third kappa shape index (κ3) is 5.41. The largest absolute Gasteiger partial charge is 0.488 e. The molecule has 1 fully saturated rings. The van der Waals surface area contributed by atoms with Crippen molar-refractivity contribution in [3.8, 4) is 5.75 Å². The summed E-state index contributed by atoms with van der Waals surface area (Å²) in [6.07, 6.45) is 1.64. The van der Waals surface area contributed by atoms with Crippen molar-refractivity contribution in [2.75, 3.05) is 0 Å². The van der Waals surface area contributed by atoms with Crippen LogP contribution in [0, 0.1) is 0 Å². The number of ether oxygens (including phenoxy) is 1. The second kappa shape index (κ2) is 9.90. The van der Waals surface area contributed by atoms with Crippen LogP contribution < -0.4 is 10.1 Å². The molecular weight excluding hydrogens is 560 g/mol. The lowest BCUT2D eigenvalue weighted by molar-refractivity contribution is -0.123. The fourth-order valence-corrected chi connectivity index (χ4v) is 4.02. The van der Waals surface area contributed by atoms with Gasteiger partial charge in [-0.05, 0) is 75.1 Å². The average Bonchev–Trinajstić information content (AvgIpc) is 3.03. The SMILES string of the molecule is O=C1N/C(=C\c2ccc(OCc3ccc(Br)cc3)c(Br)c2)C(=O)N1Cc1ccc(Cl)cc1. The number of hydrogen-bond acceptors (Lipinski definition) is 3. The predicted octanol–water partition coefficient (Wildman–Crippen LogP) is 6.54. The molecule has 0 atom stereocenters. The van der Waals surface area contributed by atoms with Gasteiger partial charge in [0, 0.05) is 9.50 Å². The smallest absolute Gasteiger partial charge is 0.329 e. The molecule has 1 heterocycles. The van der Waals surface area contributed by atoms with Crippen LogP contribution in [0.15, 0.2) is 81.4 Å². The van der Waals surface area contributed by atoms with E-state index in [1.165, 1.54) is 4.90 Å². The molecule has 0 aromatic heterocycles. The number of amides is 3. The molecule has 8 heteroatoms. The molecule has 0 bridgehead atoms. The third-order valence-corrected chi connectivity index (χ3v) is 6.19. The molecule has 4 rings (SSSR count). The van der Waals surface area contributed by atoms with Gasteiger partial charge in [0.05, 0.1) is 11.0 Å². The lowest BCUT2D eigenvalue weighted by atomic mass is 10.1. The Kier molecular flexibility index (Phi) is 6.98. The zero-order valence-electron chi connectivity index (χ0n) is 16.6. The predicted molar refractivity (Wildman–Crippen MR) is 131 cm³/mol. The topological polar surface area (TPSA) is 58.6 Å². The molecule has 0 spiro atoms. The van der Waals surface area contributed by atoms with Gasteiger partial charge >= 0.3 is 6.03 Å². The van der Waals surface area contributed by atoms with E-state index < -0.39 is 6.03 Å². The van der Waals surface area contributed by atoms with Crippen LogP contribution in [-0.2, 0) is 17.9 Å². The zero-order chi connectivity index (χ0) is 22.7. The molecule has 0 unspecified atom stereocenters. The van der Waals surface area contributed by atoms with Gasteiger partial charge in [0.15, 0.2) is 0 Å². The van der Waals surface area contributed by atoms with Crippen LogP contribution in [0.3, 0.4) is 0 Å². The Hall–Kier alpha value is -2.61. The summed E-state index contributed by atoms with van der Waals surface area (Å²) in [7, 11) is 0. The quantitative estimate of drug-likeness (QED) is 0.268. The highest BCUT2D eigenvalue weighted by molar-refractivity contribution is 9.10. The van der Waals surface area contributed by atoms with Crippen LogP contribution in [0.1, 0.15) is 16.7 Å². The molecule has 3 aromatic carbocycles. The maximum atomic E-state index is 12.7. The van der Waals surface area contributed by atoms with E-state index in [1.807, 2.05) is 42.5 Å². The Labute approximate surface area is 207 Å². The Morgan fingerprint density at radius 2 is 1.62 bits per heavy atom. The van der Waals surface area contributed by atoms with Crippen molar-refractivity contribution >= 4 is 61.5 Å². The van der Waals surface area contributed by atoms with Crippen molar-refractivity contribution in [1.29, 1.82) is 0 Å². The highest BCUT2D eigenvalue weighted by atomic mass is 79.9. The summed E-state index contributed by atoms with van der Waals surface area (Å²) >= 11 is 12.8. The van der Waals surface area contributed by atoms with Crippen molar-refractivity contribution in [2.45, 2.75) is 13.2 Å². The number of halogens is 3. The van der Waals surface area contributed by atoms with Crippen molar-refractivity contribution in [2.24, 2.45) is 0 Å². The molecule has 1 aliphatic rings. The van der Waals surface area contributed by atoms with E-state index in [-0.39, 0.29) is 18.1 Å². The second-order valence-corrected chi connectivity index (χ2v) is 9.32. The van der Waals surface area contributed by atoms with Crippen LogP contribution in [0.25, 0.3) is 6.08 Å². The van der Waals surface area contributed by atoms with Gasteiger partial charge in [-0.2, -0.15) is 0 Å². The Morgan fingerprint density at radius 1 is 0.938 bits per heavy atom. The maximum Gasteiger partial charge on any atom is 0.329 e. The molecule has 5 nitrogen and oxygen atoms in total. The first-order valence-electron chi connectivity index (χ1n) is 9.65. The first-order valence-corrected chi connectivity index (χ1v) is 11.6. The number of benzene rings is 3. The summed E-state index contributed by atoms with van der Waals surface area (Å²) in [6.45, 7) is 0.603. The Morgan fingerprint density at radius 3 is 2.31 bits per heavy atom. The van der Waals surface area contributed by atoms with Crippen LogP contribution in [0.4, 0.5) is 4.79 Å². The Bertz CT molecular complexity index is 1190. The van der Waals surface area contributed by atoms with E-state index in [2.05, 4.69) is 37.2 Å². The summed E-state index contributed by atoms with van der Waals surface area (Å²) in [5.74, 6) is 0.304. The van der Waals surface area contributed by atoms with Gasteiger partial charge < -0.3 is 10.1 Å². The zero-order valence-corrected chi connectivity index (χ0v) is 20.6. The number of nitrogens with zero attached hydrogens (tertiary/aromatic N) is 1. The van der Waals surface area contributed by atoms with Crippen LogP contribution in [0.5, 0.6) is 5.75 Å². The van der Waals surface area contributed by atoms with Crippen molar-refractivity contribution in [3.05, 3.63) is 103 Å². The number of rotatable bonds is 6. The average molecular weight is 577 g/mol. The molecule has 1 aliphatic heterocycles. The van der Waals surface area contributed by atoms with Gasteiger partial charge in [0.2, 0.25) is 0 Å². The number of urea groups is 1. The van der Waals surface area contributed by atoms with Crippen LogP contribution in [0.2, 0.25) is 5.02 Å². The highest BCUT2D eigenvalue weighted by Crippen LogP contribution is 2.28. The molecule has 162 valence electrons. The van der Waals surface area contributed by atoms with Gasteiger partial charge in [-0.25, -0.2) is 4.79 Å². The number of carbonyl (C=O) groups is 2. The van der Waals surface area contributed by atoms with Gasteiger partial charge in [0.1, 0.15) is 18.1 Å². The molecule has 3 aromatic rings.